The molecule has 0 saturated carbocycles. The zero-order chi connectivity index (χ0) is 16.9. The topological polar surface area (TPSA) is 73.2 Å². The summed E-state index contributed by atoms with van der Waals surface area (Å²) < 4.78 is 20.3. The minimum absolute atomic E-state index is 0.166. The van der Waals surface area contributed by atoms with Crippen molar-refractivity contribution in [1.29, 1.82) is 0 Å². The predicted molar refractivity (Wildman–Crippen MR) is 85.1 cm³/mol. The molecule has 1 aromatic heterocycles. The summed E-state index contributed by atoms with van der Waals surface area (Å²) in [4.78, 5) is 27.7. The van der Waals surface area contributed by atoms with Crippen LogP contribution in [0.4, 0.5) is 4.39 Å². The fourth-order valence-electron chi connectivity index (χ4n) is 2.73. The van der Waals surface area contributed by atoms with Crippen LogP contribution in [0.15, 0.2) is 41.6 Å². The Morgan fingerprint density at radius 1 is 1.42 bits per heavy atom. The van der Waals surface area contributed by atoms with Gasteiger partial charge in [0, 0.05) is 36.9 Å². The molecule has 0 bridgehead atoms. The Hall–Kier alpha value is -2.70. The van der Waals surface area contributed by atoms with Crippen LogP contribution in [0.1, 0.15) is 30.9 Å². The fourth-order valence-corrected chi connectivity index (χ4v) is 2.73. The van der Waals surface area contributed by atoms with Gasteiger partial charge in [0.25, 0.3) is 5.56 Å². The van der Waals surface area contributed by atoms with Crippen LogP contribution in [-0.4, -0.2) is 22.1 Å². The second kappa shape index (κ2) is 7.25. The van der Waals surface area contributed by atoms with E-state index in [1.165, 1.54) is 35.3 Å². The van der Waals surface area contributed by atoms with Crippen molar-refractivity contribution in [3.8, 4) is 5.75 Å². The number of nitrogens with one attached hydrogen (secondary N) is 1. The number of carbonyl (C=O) groups excluding carboxylic acids is 1. The summed E-state index contributed by atoms with van der Waals surface area (Å²) >= 11 is 0. The van der Waals surface area contributed by atoms with Gasteiger partial charge >= 0.3 is 0 Å². The highest BCUT2D eigenvalue weighted by Crippen LogP contribution is 2.32. The standard InChI is InChI=1S/C17H18FN3O3/c18-12-3-4-13-14(2-1-9-24-15(13)10-12)20-16(22)6-8-21-11-19-7-5-17(21)23/h3-5,7,10-11,14H,1-2,6,8-9H2,(H,20,22). The molecule has 1 aromatic carbocycles. The lowest BCUT2D eigenvalue weighted by Crippen LogP contribution is -2.30. The number of amides is 1. The van der Waals surface area contributed by atoms with Gasteiger partial charge in [0.15, 0.2) is 0 Å². The summed E-state index contributed by atoms with van der Waals surface area (Å²) in [5.41, 5.74) is 0.585. The minimum Gasteiger partial charge on any atom is -0.493 e. The summed E-state index contributed by atoms with van der Waals surface area (Å²) in [6, 6.07) is 5.48. The van der Waals surface area contributed by atoms with Gasteiger partial charge < -0.3 is 10.1 Å². The van der Waals surface area contributed by atoms with Crippen molar-refractivity contribution in [2.24, 2.45) is 0 Å². The van der Waals surface area contributed by atoms with Crippen molar-refractivity contribution in [3.05, 3.63) is 58.5 Å². The maximum atomic E-state index is 13.4. The second-order valence-corrected chi connectivity index (χ2v) is 5.65. The molecular formula is C17H18FN3O3. The summed E-state index contributed by atoms with van der Waals surface area (Å²) in [5, 5.41) is 2.95. The molecule has 0 spiro atoms. The number of rotatable bonds is 4. The molecule has 2 heterocycles. The fraction of sp³-hybridized carbons (Fsp3) is 0.353. The van der Waals surface area contributed by atoms with Crippen LogP contribution in [-0.2, 0) is 11.3 Å². The van der Waals surface area contributed by atoms with Crippen molar-refractivity contribution >= 4 is 5.91 Å². The molecule has 126 valence electrons. The average Bonchev–Trinajstić information content (AvgIpc) is 2.76. The molecule has 6 nitrogen and oxygen atoms in total. The van der Waals surface area contributed by atoms with E-state index in [9.17, 15) is 14.0 Å². The van der Waals surface area contributed by atoms with Gasteiger partial charge in [-0.15, -0.1) is 0 Å². The Balaban J connectivity index is 1.66. The largest absolute Gasteiger partial charge is 0.493 e. The van der Waals surface area contributed by atoms with Gasteiger partial charge in [0.2, 0.25) is 5.91 Å². The van der Waals surface area contributed by atoms with Crippen molar-refractivity contribution < 1.29 is 13.9 Å². The molecule has 3 rings (SSSR count). The molecule has 1 atom stereocenters. The number of hydrogen-bond donors (Lipinski definition) is 1. The van der Waals surface area contributed by atoms with Gasteiger partial charge in [-0.25, -0.2) is 9.37 Å². The van der Waals surface area contributed by atoms with Gasteiger partial charge in [-0.1, -0.05) is 6.07 Å². The Kier molecular flexibility index (Phi) is 4.88. The zero-order valence-corrected chi connectivity index (χ0v) is 13.1. The second-order valence-electron chi connectivity index (χ2n) is 5.65. The molecule has 0 fully saturated rings. The quantitative estimate of drug-likeness (QED) is 0.927. The summed E-state index contributed by atoms with van der Waals surface area (Å²) in [7, 11) is 0. The Bertz CT molecular complexity index is 791. The van der Waals surface area contributed by atoms with Crippen LogP contribution in [0, 0.1) is 5.82 Å². The van der Waals surface area contributed by atoms with Gasteiger partial charge in [0.1, 0.15) is 11.6 Å². The molecule has 2 aromatic rings. The summed E-state index contributed by atoms with van der Waals surface area (Å²) in [6.45, 7) is 0.756. The van der Waals surface area contributed by atoms with Crippen molar-refractivity contribution in [3.63, 3.8) is 0 Å². The van der Waals surface area contributed by atoms with E-state index in [4.69, 9.17) is 4.74 Å². The highest BCUT2D eigenvalue weighted by atomic mass is 19.1. The number of halogens is 1. The molecule has 1 amide bonds. The van der Waals surface area contributed by atoms with Gasteiger partial charge in [0.05, 0.1) is 19.0 Å². The Labute approximate surface area is 138 Å². The molecule has 1 aliphatic heterocycles. The highest BCUT2D eigenvalue weighted by Gasteiger charge is 2.21. The molecule has 0 saturated heterocycles. The number of aromatic nitrogens is 2. The van der Waals surface area contributed by atoms with E-state index in [1.807, 2.05) is 0 Å². The smallest absolute Gasteiger partial charge is 0.253 e. The third-order valence-electron chi connectivity index (χ3n) is 3.95. The number of ether oxygens (including phenoxy) is 1. The number of aryl methyl sites for hydroxylation is 1. The van der Waals surface area contributed by atoms with Gasteiger partial charge in [-0.2, -0.15) is 0 Å². The van der Waals surface area contributed by atoms with E-state index >= 15 is 0 Å². The molecule has 1 N–H and O–H groups in total. The number of fused-ring (bicyclic) bond motifs is 1. The highest BCUT2D eigenvalue weighted by molar-refractivity contribution is 5.76. The first-order chi connectivity index (χ1) is 11.6. The van der Waals surface area contributed by atoms with Crippen molar-refractivity contribution in [1.82, 2.24) is 14.9 Å². The van der Waals surface area contributed by atoms with Crippen LogP contribution in [0.5, 0.6) is 5.75 Å². The Morgan fingerprint density at radius 2 is 2.29 bits per heavy atom. The zero-order valence-electron chi connectivity index (χ0n) is 13.1. The summed E-state index contributed by atoms with van der Waals surface area (Å²) in [5.74, 6) is -0.0640. The number of nitrogens with zero attached hydrogens (tertiary/aromatic N) is 2. The summed E-state index contributed by atoms with van der Waals surface area (Å²) in [6.07, 6.45) is 4.48. The molecular weight excluding hydrogens is 313 g/mol. The predicted octanol–water partition coefficient (Wildman–Crippen LogP) is 1.80. The lowest BCUT2D eigenvalue weighted by molar-refractivity contribution is -0.122. The molecule has 0 aliphatic carbocycles. The van der Waals surface area contributed by atoms with Crippen LogP contribution < -0.4 is 15.6 Å². The van der Waals surface area contributed by atoms with Crippen LogP contribution in [0.25, 0.3) is 0 Å². The third-order valence-corrected chi connectivity index (χ3v) is 3.95. The minimum atomic E-state index is -0.364. The maximum absolute atomic E-state index is 13.4. The SMILES string of the molecule is O=C(CCn1cnccc1=O)NC1CCCOc2cc(F)ccc21. The third kappa shape index (κ3) is 3.79. The maximum Gasteiger partial charge on any atom is 0.253 e. The lowest BCUT2D eigenvalue weighted by atomic mass is 10.0. The van der Waals surface area contributed by atoms with Crippen molar-refractivity contribution in [2.45, 2.75) is 31.8 Å². The van der Waals surface area contributed by atoms with Crippen LogP contribution in [0.2, 0.25) is 0 Å². The van der Waals surface area contributed by atoms with E-state index in [1.54, 1.807) is 6.07 Å². The van der Waals surface area contributed by atoms with Crippen molar-refractivity contribution in [2.75, 3.05) is 6.61 Å². The monoisotopic (exact) mass is 331 g/mol. The van der Waals surface area contributed by atoms with Crippen LogP contribution >= 0.6 is 0 Å². The first-order valence-corrected chi connectivity index (χ1v) is 7.85. The first kappa shape index (κ1) is 16.2. The van der Waals surface area contributed by atoms with E-state index in [2.05, 4.69) is 10.3 Å². The molecule has 7 heteroatoms. The molecule has 0 radical (unpaired) electrons. The molecule has 24 heavy (non-hydrogen) atoms. The molecule has 1 aliphatic rings. The number of benzene rings is 1. The van der Waals surface area contributed by atoms with Gasteiger partial charge in [-0.3, -0.25) is 14.2 Å². The Morgan fingerprint density at radius 3 is 3.12 bits per heavy atom. The number of hydrogen-bond acceptors (Lipinski definition) is 4. The lowest BCUT2D eigenvalue weighted by Gasteiger charge is -2.18. The van der Waals surface area contributed by atoms with E-state index in [0.717, 1.165) is 18.4 Å². The number of carbonyl (C=O) groups is 1. The van der Waals surface area contributed by atoms with E-state index in [0.29, 0.717) is 12.4 Å². The van der Waals surface area contributed by atoms with E-state index in [-0.39, 0.29) is 36.3 Å². The normalized spacial score (nSPS) is 16.6. The van der Waals surface area contributed by atoms with Gasteiger partial charge in [-0.05, 0) is 18.9 Å². The van der Waals surface area contributed by atoms with Crippen LogP contribution in [0.3, 0.4) is 0 Å². The van der Waals surface area contributed by atoms with E-state index < -0.39 is 0 Å². The first-order valence-electron chi connectivity index (χ1n) is 7.85. The average molecular weight is 331 g/mol. The molecule has 1 unspecified atom stereocenters.